The summed E-state index contributed by atoms with van der Waals surface area (Å²) in [6, 6.07) is 5.05. The van der Waals surface area contributed by atoms with Crippen molar-refractivity contribution < 1.29 is 13.2 Å². The number of hydrogen-bond donors (Lipinski definition) is 1. The molecule has 1 aromatic carbocycles. The van der Waals surface area contributed by atoms with Crippen LogP contribution < -0.4 is 5.32 Å². The minimum absolute atomic E-state index is 0.00307. The molecule has 1 atom stereocenters. The average Bonchev–Trinajstić information content (AvgIpc) is 2.37. The highest BCUT2D eigenvalue weighted by molar-refractivity contribution is 7.92. The molecule has 110 valence electrons. The van der Waals surface area contributed by atoms with Gasteiger partial charge in [0.05, 0.1) is 21.7 Å². The van der Waals surface area contributed by atoms with Crippen LogP contribution in [0.5, 0.6) is 0 Å². The number of halogens is 1. The van der Waals surface area contributed by atoms with E-state index in [1.54, 1.807) is 13.0 Å². The van der Waals surface area contributed by atoms with Gasteiger partial charge in [-0.15, -0.1) is 0 Å². The van der Waals surface area contributed by atoms with Crippen LogP contribution in [0.2, 0.25) is 5.02 Å². The molecule has 20 heavy (non-hydrogen) atoms. The number of aryl methyl sites for hydroxylation is 1. The Morgan fingerprint density at radius 2 is 2.15 bits per heavy atom. The monoisotopic (exact) mass is 316 g/mol. The van der Waals surface area contributed by atoms with Gasteiger partial charge >= 0.3 is 6.03 Å². The summed E-state index contributed by atoms with van der Waals surface area (Å²) in [5, 5.41) is 2.69. The number of carbonyl (C=O) groups is 1. The van der Waals surface area contributed by atoms with Gasteiger partial charge in [0.25, 0.3) is 0 Å². The van der Waals surface area contributed by atoms with Gasteiger partial charge in [0.1, 0.15) is 0 Å². The first kappa shape index (κ1) is 15.1. The van der Waals surface area contributed by atoms with Gasteiger partial charge in [0, 0.05) is 13.1 Å². The van der Waals surface area contributed by atoms with E-state index in [2.05, 4.69) is 5.32 Å². The normalized spacial score (nSPS) is 21.6. The van der Waals surface area contributed by atoms with Crippen molar-refractivity contribution in [3.63, 3.8) is 0 Å². The molecule has 0 saturated carbocycles. The van der Waals surface area contributed by atoms with Crippen LogP contribution in [0.3, 0.4) is 0 Å². The lowest BCUT2D eigenvalue weighted by Crippen LogP contribution is -2.49. The molecule has 1 fully saturated rings. The van der Waals surface area contributed by atoms with Crippen molar-refractivity contribution in [2.45, 2.75) is 19.1 Å². The SMILES string of the molecule is Cc1cccc(Cl)c1NC(=O)N1CCS(=O)(=O)[C@H](C)C1. The van der Waals surface area contributed by atoms with Crippen molar-refractivity contribution in [2.24, 2.45) is 0 Å². The zero-order valence-corrected chi connectivity index (χ0v) is 13.0. The van der Waals surface area contributed by atoms with Gasteiger partial charge in [-0.05, 0) is 25.5 Å². The van der Waals surface area contributed by atoms with Crippen LogP contribution in [0, 0.1) is 6.92 Å². The van der Waals surface area contributed by atoms with Crippen LogP contribution in [0.25, 0.3) is 0 Å². The molecule has 0 radical (unpaired) electrons. The fourth-order valence-corrected chi connectivity index (χ4v) is 3.67. The summed E-state index contributed by atoms with van der Waals surface area (Å²) in [6.45, 7) is 3.89. The second-order valence-corrected chi connectivity index (χ2v) is 7.93. The van der Waals surface area contributed by atoms with Gasteiger partial charge in [-0.3, -0.25) is 0 Å². The Morgan fingerprint density at radius 3 is 2.75 bits per heavy atom. The molecular weight excluding hydrogens is 300 g/mol. The van der Waals surface area contributed by atoms with Crippen LogP contribution in [-0.2, 0) is 9.84 Å². The number of benzene rings is 1. The van der Waals surface area contributed by atoms with E-state index in [0.717, 1.165) is 5.56 Å². The molecule has 0 unspecified atom stereocenters. The molecule has 5 nitrogen and oxygen atoms in total. The summed E-state index contributed by atoms with van der Waals surface area (Å²) < 4.78 is 23.3. The minimum atomic E-state index is -3.06. The Balaban J connectivity index is 2.10. The Hall–Kier alpha value is -1.27. The first-order valence-corrected chi connectivity index (χ1v) is 8.43. The fraction of sp³-hybridized carbons (Fsp3) is 0.462. The highest BCUT2D eigenvalue weighted by atomic mass is 35.5. The molecule has 2 rings (SSSR count). The quantitative estimate of drug-likeness (QED) is 0.864. The number of carbonyl (C=O) groups excluding carboxylic acids is 1. The molecule has 1 N–H and O–H groups in total. The first-order chi connectivity index (χ1) is 9.31. The highest BCUT2D eigenvalue weighted by Gasteiger charge is 2.31. The maximum absolute atomic E-state index is 12.2. The molecule has 0 aliphatic carbocycles. The number of urea groups is 1. The third-order valence-electron chi connectivity index (χ3n) is 3.48. The van der Waals surface area contributed by atoms with E-state index in [9.17, 15) is 13.2 Å². The maximum Gasteiger partial charge on any atom is 0.321 e. The van der Waals surface area contributed by atoms with Gasteiger partial charge in [0.15, 0.2) is 9.84 Å². The van der Waals surface area contributed by atoms with E-state index in [1.807, 2.05) is 19.1 Å². The lowest BCUT2D eigenvalue weighted by molar-refractivity contribution is 0.213. The maximum atomic E-state index is 12.2. The zero-order valence-electron chi connectivity index (χ0n) is 11.4. The Kier molecular flexibility index (Phi) is 4.25. The van der Waals surface area contributed by atoms with Crippen LogP contribution in [0.15, 0.2) is 18.2 Å². The zero-order chi connectivity index (χ0) is 14.9. The molecular formula is C13H17ClN2O3S. The van der Waals surface area contributed by atoms with Gasteiger partial charge < -0.3 is 10.2 Å². The molecule has 0 spiro atoms. The minimum Gasteiger partial charge on any atom is -0.322 e. The molecule has 1 heterocycles. The van der Waals surface area contributed by atoms with E-state index in [4.69, 9.17) is 11.6 Å². The van der Waals surface area contributed by atoms with Crippen molar-refractivity contribution in [2.75, 3.05) is 24.2 Å². The molecule has 1 saturated heterocycles. The van der Waals surface area contributed by atoms with E-state index < -0.39 is 15.1 Å². The number of nitrogens with one attached hydrogen (secondary N) is 1. The van der Waals surface area contributed by atoms with Gasteiger partial charge in [-0.25, -0.2) is 13.2 Å². The molecule has 7 heteroatoms. The number of amides is 2. The number of sulfone groups is 1. The lowest BCUT2D eigenvalue weighted by Gasteiger charge is -2.31. The van der Waals surface area contributed by atoms with Gasteiger partial charge in [0.2, 0.25) is 0 Å². The number of hydrogen-bond acceptors (Lipinski definition) is 3. The van der Waals surface area contributed by atoms with Crippen molar-refractivity contribution >= 4 is 33.2 Å². The summed E-state index contributed by atoms with van der Waals surface area (Å²) in [5.74, 6) is 0.00307. The number of rotatable bonds is 1. The van der Waals surface area contributed by atoms with Crippen molar-refractivity contribution in [1.82, 2.24) is 4.90 Å². The second-order valence-electron chi connectivity index (χ2n) is 4.99. The largest absolute Gasteiger partial charge is 0.322 e. The molecule has 0 aromatic heterocycles. The van der Waals surface area contributed by atoms with Crippen molar-refractivity contribution in [3.05, 3.63) is 28.8 Å². The third-order valence-corrected chi connectivity index (χ3v) is 5.92. The summed E-state index contributed by atoms with van der Waals surface area (Å²) in [5.41, 5.74) is 1.43. The van der Waals surface area contributed by atoms with E-state index in [-0.39, 0.29) is 24.9 Å². The molecule has 1 aliphatic rings. The standard InChI is InChI=1S/C13H17ClN2O3S/c1-9-4-3-5-11(14)12(9)15-13(17)16-6-7-20(18,19)10(2)8-16/h3-5,10H,6-8H2,1-2H3,(H,15,17)/t10-/m1/s1. The summed E-state index contributed by atoms with van der Waals surface area (Å²) in [4.78, 5) is 13.7. The van der Waals surface area contributed by atoms with E-state index in [1.165, 1.54) is 4.90 Å². The van der Waals surface area contributed by atoms with Crippen molar-refractivity contribution in [1.29, 1.82) is 0 Å². The van der Waals surface area contributed by atoms with Crippen LogP contribution in [-0.4, -0.2) is 43.4 Å². The van der Waals surface area contributed by atoms with Gasteiger partial charge in [-0.1, -0.05) is 23.7 Å². The topological polar surface area (TPSA) is 66.5 Å². The van der Waals surface area contributed by atoms with E-state index in [0.29, 0.717) is 10.7 Å². The summed E-state index contributed by atoms with van der Waals surface area (Å²) in [7, 11) is -3.06. The molecule has 0 bridgehead atoms. The van der Waals surface area contributed by atoms with Crippen LogP contribution in [0.4, 0.5) is 10.5 Å². The van der Waals surface area contributed by atoms with Gasteiger partial charge in [-0.2, -0.15) is 0 Å². The number of anilines is 1. The summed E-state index contributed by atoms with van der Waals surface area (Å²) in [6.07, 6.45) is 0. The highest BCUT2D eigenvalue weighted by Crippen LogP contribution is 2.26. The van der Waals surface area contributed by atoms with Crippen LogP contribution in [0.1, 0.15) is 12.5 Å². The predicted molar refractivity (Wildman–Crippen MR) is 80.0 cm³/mol. The first-order valence-electron chi connectivity index (χ1n) is 6.34. The lowest BCUT2D eigenvalue weighted by atomic mass is 10.2. The number of para-hydroxylation sites is 1. The molecule has 2 amide bonds. The number of nitrogens with zero attached hydrogens (tertiary/aromatic N) is 1. The molecule has 1 aliphatic heterocycles. The van der Waals surface area contributed by atoms with E-state index >= 15 is 0 Å². The van der Waals surface area contributed by atoms with Crippen molar-refractivity contribution in [3.8, 4) is 0 Å². The Morgan fingerprint density at radius 1 is 1.45 bits per heavy atom. The fourth-order valence-electron chi connectivity index (χ4n) is 2.11. The second kappa shape index (κ2) is 5.61. The average molecular weight is 317 g/mol. The smallest absolute Gasteiger partial charge is 0.321 e. The predicted octanol–water partition coefficient (Wildman–Crippen LogP) is 2.30. The Labute approximate surface area is 123 Å². The summed E-state index contributed by atoms with van der Waals surface area (Å²) >= 11 is 6.06. The molecule has 1 aromatic rings. The Bertz CT molecular complexity index is 610. The third kappa shape index (κ3) is 3.07. The van der Waals surface area contributed by atoms with Crippen LogP contribution >= 0.6 is 11.6 Å².